The minimum atomic E-state index is -0.509. The number of nitrogens with zero attached hydrogens (tertiary/aromatic N) is 2. The van der Waals surface area contributed by atoms with Crippen LogP contribution in [0.1, 0.15) is 17.3 Å². The summed E-state index contributed by atoms with van der Waals surface area (Å²) >= 11 is 1.32. The predicted octanol–water partition coefficient (Wildman–Crippen LogP) is 3.53. The molecule has 2 aromatic carbocycles. The van der Waals surface area contributed by atoms with Gasteiger partial charge in [-0.25, -0.2) is 4.98 Å². The highest BCUT2D eigenvalue weighted by Crippen LogP contribution is 2.37. The van der Waals surface area contributed by atoms with E-state index in [2.05, 4.69) is 10.3 Å². The summed E-state index contributed by atoms with van der Waals surface area (Å²) in [5, 5.41) is 5.13. The smallest absolute Gasteiger partial charge is 0.267 e. The molecule has 5 rings (SSSR count). The van der Waals surface area contributed by atoms with Crippen molar-refractivity contribution in [1.82, 2.24) is 4.98 Å². The Hall–Kier alpha value is -3.59. The molecule has 9 heteroatoms. The van der Waals surface area contributed by atoms with Gasteiger partial charge in [0.05, 0.1) is 11.4 Å². The largest absolute Gasteiger partial charge is 0.479 e. The maximum Gasteiger partial charge on any atom is 0.267 e. The van der Waals surface area contributed by atoms with Gasteiger partial charge in [0.2, 0.25) is 6.79 Å². The van der Waals surface area contributed by atoms with Crippen molar-refractivity contribution in [3.8, 4) is 28.5 Å². The fourth-order valence-corrected chi connectivity index (χ4v) is 4.06. The third-order valence-corrected chi connectivity index (χ3v) is 5.72. The van der Waals surface area contributed by atoms with Crippen LogP contribution in [-0.4, -0.2) is 36.7 Å². The Morgan fingerprint density at radius 3 is 2.83 bits per heavy atom. The molecule has 2 amide bonds. The number of hydrogen-bond donors (Lipinski definition) is 1. The van der Waals surface area contributed by atoms with Gasteiger partial charge in [-0.3, -0.25) is 14.9 Å². The van der Waals surface area contributed by atoms with E-state index in [1.807, 2.05) is 23.6 Å². The topological polar surface area (TPSA) is 90.0 Å². The second-order valence-electron chi connectivity index (χ2n) is 6.90. The van der Waals surface area contributed by atoms with Crippen LogP contribution in [0.3, 0.4) is 0 Å². The molecular weight excluding hydrogens is 406 g/mol. The third-order valence-electron chi connectivity index (χ3n) is 4.96. The van der Waals surface area contributed by atoms with Crippen LogP contribution >= 0.6 is 11.3 Å². The summed E-state index contributed by atoms with van der Waals surface area (Å²) in [4.78, 5) is 30.8. The fraction of sp³-hybridized carbons (Fsp3) is 0.190. The van der Waals surface area contributed by atoms with E-state index in [1.54, 1.807) is 37.1 Å². The van der Waals surface area contributed by atoms with Gasteiger partial charge < -0.3 is 19.1 Å². The van der Waals surface area contributed by atoms with E-state index in [0.717, 1.165) is 5.56 Å². The minimum absolute atomic E-state index is 0.102. The molecule has 2 aliphatic heterocycles. The molecule has 0 bridgehead atoms. The molecule has 1 N–H and O–H groups in total. The Kier molecular flexibility index (Phi) is 4.32. The first-order chi connectivity index (χ1) is 14.5. The lowest BCUT2D eigenvalue weighted by atomic mass is 10.1. The molecule has 0 saturated heterocycles. The summed E-state index contributed by atoms with van der Waals surface area (Å²) in [6.45, 7) is 1.88. The molecule has 3 heterocycles. The van der Waals surface area contributed by atoms with Crippen molar-refractivity contribution in [2.45, 2.75) is 13.0 Å². The first kappa shape index (κ1) is 18.4. The number of hydrogen-bond acceptors (Lipinski definition) is 7. The van der Waals surface area contributed by atoms with Crippen LogP contribution in [0.4, 0.5) is 10.8 Å². The summed E-state index contributed by atoms with van der Waals surface area (Å²) in [7, 11) is 1.72. The fourth-order valence-electron chi connectivity index (χ4n) is 3.34. The number of ether oxygens (including phenoxy) is 3. The Morgan fingerprint density at radius 2 is 1.97 bits per heavy atom. The van der Waals surface area contributed by atoms with Crippen LogP contribution in [-0.2, 0) is 4.79 Å². The van der Waals surface area contributed by atoms with Gasteiger partial charge in [-0.05, 0) is 43.3 Å². The first-order valence-electron chi connectivity index (χ1n) is 9.25. The Bertz CT molecular complexity index is 1180. The molecule has 0 fully saturated rings. The number of rotatable bonds is 3. The molecular formula is C21H17N3O5S. The molecule has 1 aromatic heterocycles. The lowest BCUT2D eigenvalue weighted by molar-refractivity contribution is -0.125. The summed E-state index contributed by atoms with van der Waals surface area (Å²) in [6, 6.07) is 10.6. The van der Waals surface area contributed by atoms with E-state index in [1.165, 1.54) is 11.3 Å². The lowest BCUT2D eigenvalue weighted by Gasteiger charge is -2.30. The van der Waals surface area contributed by atoms with Crippen LogP contribution < -0.4 is 24.4 Å². The average Bonchev–Trinajstić information content (AvgIpc) is 3.41. The molecule has 2 aliphatic rings. The highest BCUT2D eigenvalue weighted by atomic mass is 32.1. The summed E-state index contributed by atoms with van der Waals surface area (Å²) < 4.78 is 16.2. The molecule has 8 nitrogen and oxygen atoms in total. The van der Waals surface area contributed by atoms with E-state index in [-0.39, 0.29) is 18.6 Å². The Morgan fingerprint density at radius 1 is 1.17 bits per heavy atom. The number of anilines is 2. The zero-order valence-corrected chi connectivity index (χ0v) is 17.0. The van der Waals surface area contributed by atoms with Crippen molar-refractivity contribution in [3.05, 3.63) is 47.3 Å². The normalized spacial score (nSPS) is 16.8. The van der Waals surface area contributed by atoms with Gasteiger partial charge in [-0.1, -0.05) is 0 Å². The predicted molar refractivity (Wildman–Crippen MR) is 112 cm³/mol. The van der Waals surface area contributed by atoms with Crippen molar-refractivity contribution in [2.24, 2.45) is 0 Å². The van der Waals surface area contributed by atoms with Crippen LogP contribution in [0.2, 0.25) is 0 Å². The van der Waals surface area contributed by atoms with Gasteiger partial charge in [0.25, 0.3) is 11.8 Å². The van der Waals surface area contributed by atoms with Crippen LogP contribution in [0, 0.1) is 0 Å². The minimum Gasteiger partial charge on any atom is -0.479 e. The highest BCUT2D eigenvalue weighted by molar-refractivity contribution is 7.14. The second-order valence-corrected chi connectivity index (χ2v) is 7.76. The number of thiazole rings is 1. The zero-order chi connectivity index (χ0) is 20.8. The van der Waals surface area contributed by atoms with Crippen molar-refractivity contribution in [3.63, 3.8) is 0 Å². The lowest BCUT2D eigenvalue weighted by Crippen LogP contribution is -2.41. The Balaban J connectivity index is 1.36. The molecule has 1 atom stereocenters. The van der Waals surface area contributed by atoms with Gasteiger partial charge in [0.1, 0.15) is 5.75 Å². The van der Waals surface area contributed by atoms with Gasteiger partial charge in [-0.2, -0.15) is 0 Å². The average molecular weight is 423 g/mol. The third kappa shape index (κ3) is 3.13. The second kappa shape index (κ2) is 7.03. The maximum atomic E-state index is 12.6. The van der Waals surface area contributed by atoms with Gasteiger partial charge in [0.15, 0.2) is 22.7 Å². The SMILES string of the molecule is C[C@@H]1Oc2ccc(-c3csc(NC(=O)c4ccc5c(c4)OCO5)n3)cc2N(C)C1=O. The number of carbonyl (C=O) groups is 2. The summed E-state index contributed by atoms with van der Waals surface area (Å²) in [5.74, 6) is 1.44. The van der Waals surface area contributed by atoms with Crippen molar-refractivity contribution in [2.75, 3.05) is 24.1 Å². The molecule has 3 aromatic rings. The van der Waals surface area contributed by atoms with E-state index >= 15 is 0 Å². The number of likely N-dealkylation sites (N-methyl/N-ethyl adjacent to an activating group) is 1. The molecule has 152 valence electrons. The van der Waals surface area contributed by atoms with E-state index in [0.29, 0.717) is 39.3 Å². The van der Waals surface area contributed by atoms with Gasteiger partial charge in [-0.15, -0.1) is 11.3 Å². The molecule has 30 heavy (non-hydrogen) atoms. The quantitative estimate of drug-likeness (QED) is 0.693. The van der Waals surface area contributed by atoms with E-state index in [9.17, 15) is 9.59 Å². The number of aromatic nitrogens is 1. The number of nitrogens with one attached hydrogen (secondary N) is 1. The number of amides is 2. The van der Waals surface area contributed by atoms with Crippen molar-refractivity contribution >= 4 is 34.0 Å². The number of fused-ring (bicyclic) bond motifs is 2. The van der Waals surface area contributed by atoms with Crippen LogP contribution in [0.5, 0.6) is 17.2 Å². The first-order valence-corrected chi connectivity index (χ1v) is 10.1. The summed E-state index contributed by atoms with van der Waals surface area (Å²) in [5.41, 5.74) is 2.67. The molecule has 0 spiro atoms. The zero-order valence-electron chi connectivity index (χ0n) is 16.2. The van der Waals surface area contributed by atoms with Crippen LogP contribution in [0.15, 0.2) is 41.8 Å². The standard InChI is InChI=1S/C21H17N3O5S/c1-11-20(26)24(2)15-7-12(3-5-16(15)29-11)14-9-30-21(22-14)23-19(25)13-4-6-17-18(8-13)28-10-27-17/h3-9,11H,10H2,1-2H3,(H,22,23,25)/t11-/m0/s1. The molecule has 0 unspecified atom stereocenters. The van der Waals surface area contributed by atoms with Crippen molar-refractivity contribution in [1.29, 1.82) is 0 Å². The molecule has 0 saturated carbocycles. The molecule has 0 aliphatic carbocycles. The highest BCUT2D eigenvalue weighted by Gasteiger charge is 2.29. The van der Waals surface area contributed by atoms with Crippen LogP contribution in [0.25, 0.3) is 11.3 Å². The van der Waals surface area contributed by atoms with Gasteiger partial charge >= 0.3 is 0 Å². The Labute approximate surface area is 176 Å². The monoisotopic (exact) mass is 423 g/mol. The summed E-state index contributed by atoms with van der Waals surface area (Å²) in [6.07, 6.45) is -0.509. The van der Waals surface area contributed by atoms with E-state index < -0.39 is 6.10 Å². The van der Waals surface area contributed by atoms with E-state index in [4.69, 9.17) is 14.2 Å². The van der Waals surface area contributed by atoms with Gasteiger partial charge in [0, 0.05) is 23.6 Å². The number of carbonyl (C=O) groups excluding carboxylic acids is 2. The number of benzene rings is 2. The maximum absolute atomic E-state index is 12.6. The molecule has 0 radical (unpaired) electrons. The van der Waals surface area contributed by atoms with Crippen molar-refractivity contribution < 1.29 is 23.8 Å².